The Morgan fingerprint density at radius 2 is 1.79 bits per heavy atom. The Kier molecular flexibility index (Phi) is 5.74. The molecule has 2 aromatic carbocycles. The lowest BCUT2D eigenvalue weighted by Crippen LogP contribution is -2.25. The number of hydrazone groups is 1. The number of rotatable bonds is 6. The Hall–Kier alpha value is -3.13. The highest BCUT2D eigenvalue weighted by atomic mass is 32.2. The van der Waals surface area contributed by atoms with Crippen LogP contribution in [0.4, 0.5) is 17.1 Å². The van der Waals surface area contributed by atoms with Gasteiger partial charge in [-0.2, -0.15) is 10.1 Å². The van der Waals surface area contributed by atoms with Gasteiger partial charge in [0.25, 0.3) is 5.91 Å². The van der Waals surface area contributed by atoms with Gasteiger partial charge in [-0.3, -0.25) is 9.10 Å². The molecule has 152 valence electrons. The maximum Gasteiger partial charge on any atom is 0.282 e. The van der Waals surface area contributed by atoms with E-state index in [1.54, 1.807) is 37.4 Å². The van der Waals surface area contributed by atoms with Crippen molar-refractivity contribution < 1.29 is 13.2 Å². The van der Waals surface area contributed by atoms with Crippen molar-refractivity contribution in [3.05, 3.63) is 65.9 Å². The molecule has 1 heterocycles. The molecule has 0 unspecified atom stereocenters. The predicted octanol–water partition coefficient (Wildman–Crippen LogP) is 3.36. The van der Waals surface area contributed by atoms with Gasteiger partial charge in [0, 0.05) is 18.9 Å². The number of anilines is 3. The quantitative estimate of drug-likeness (QED) is 0.738. The van der Waals surface area contributed by atoms with Crippen LogP contribution in [0.1, 0.15) is 19.4 Å². The van der Waals surface area contributed by atoms with Crippen LogP contribution >= 0.6 is 0 Å². The molecule has 0 aliphatic carbocycles. The number of nitrogens with one attached hydrogen (secondary N) is 1. The Morgan fingerprint density at radius 3 is 2.41 bits per heavy atom. The van der Waals surface area contributed by atoms with Gasteiger partial charge in [0.2, 0.25) is 10.0 Å². The highest BCUT2D eigenvalue weighted by Crippen LogP contribution is 2.27. The van der Waals surface area contributed by atoms with E-state index in [4.69, 9.17) is 0 Å². The van der Waals surface area contributed by atoms with Crippen molar-refractivity contribution in [2.24, 2.45) is 5.10 Å². The average molecular weight is 413 g/mol. The maximum atomic E-state index is 12.9. The number of carbonyl (C=O) groups is 1. The third-order valence-corrected chi connectivity index (χ3v) is 5.99. The van der Waals surface area contributed by atoms with Gasteiger partial charge in [-0.05, 0) is 49.2 Å². The first-order valence-corrected chi connectivity index (χ1v) is 11.1. The molecule has 1 N–H and O–H groups in total. The molecule has 7 nitrogen and oxygen atoms in total. The summed E-state index contributed by atoms with van der Waals surface area (Å²) >= 11 is 0. The van der Waals surface area contributed by atoms with E-state index < -0.39 is 10.0 Å². The van der Waals surface area contributed by atoms with Gasteiger partial charge >= 0.3 is 0 Å². The molecule has 0 atom stereocenters. The molecule has 0 radical (unpaired) electrons. The molecule has 0 bridgehead atoms. The minimum Gasteiger partial charge on any atom is -0.361 e. The summed E-state index contributed by atoms with van der Waals surface area (Å²) < 4.78 is 24.5. The summed E-state index contributed by atoms with van der Waals surface area (Å²) in [5.74, 6) is -0.242. The minimum atomic E-state index is -3.35. The molecule has 0 spiro atoms. The first kappa shape index (κ1) is 20.6. The van der Waals surface area contributed by atoms with E-state index in [9.17, 15) is 13.2 Å². The number of hydrogen-bond acceptors (Lipinski definition) is 5. The summed E-state index contributed by atoms with van der Waals surface area (Å²) in [5.41, 5.74) is 4.28. The van der Waals surface area contributed by atoms with Crippen LogP contribution < -0.4 is 14.6 Å². The van der Waals surface area contributed by atoms with E-state index in [1.165, 1.54) is 16.4 Å². The Bertz CT molecular complexity index is 1090. The molecule has 0 saturated heterocycles. The SMILES string of the molecule is CCc1ccccc1NC=C1C(=O)N(c2ccc(N(C)S(C)(=O)=O)cc2)N=C1C. The van der Waals surface area contributed by atoms with Crippen LogP contribution in [0.2, 0.25) is 0 Å². The standard InChI is InChI=1S/C21H24N4O3S/c1-5-16-8-6-7-9-20(16)22-14-19-15(2)23-25(21(19)26)18-12-10-17(11-13-18)24(3)29(4,27)28/h6-14,22H,5H2,1-4H3. The number of hydrogen-bond donors (Lipinski definition) is 1. The van der Waals surface area contributed by atoms with Crippen molar-refractivity contribution in [1.82, 2.24) is 0 Å². The lowest BCUT2D eigenvalue weighted by molar-refractivity contribution is -0.114. The summed E-state index contributed by atoms with van der Waals surface area (Å²) in [7, 11) is -1.87. The van der Waals surface area contributed by atoms with E-state index in [0.29, 0.717) is 22.7 Å². The van der Waals surface area contributed by atoms with Crippen LogP contribution in [0, 0.1) is 0 Å². The Morgan fingerprint density at radius 1 is 1.14 bits per heavy atom. The largest absolute Gasteiger partial charge is 0.361 e. The van der Waals surface area contributed by atoms with Crippen LogP contribution in [0.5, 0.6) is 0 Å². The molecule has 3 rings (SSSR count). The molecule has 1 amide bonds. The van der Waals surface area contributed by atoms with Gasteiger partial charge in [0.15, 0.2) is 0 Å². The van der Waals surface area contributed by atoms with Crippen LogP contribution in [0.15, 0.2) is 65.4 Å². The number of benzene rings is 2. The second kappa shape index (κ2) is 8.08. The van der Waals surface area contributed by atoms with Crippen molar-refractivity contribution in [2.45, 2.75) is 20.3 Å². The topological polar surface area (TPSA) is 82.1 Å². The summed E-state index contributed by atoms with van der Waals surface area (Å²) in [6, 6.07) is 14.6. The smallest absolute Gasteiger partial charge is 0.282 e. The van der Waals surface area contributed by atoms with Gasteiger partial charge < -0.3 is 5.32 Å². The fraction of sp³-hybridized carbons (Fsp3) is 0.238. The van der Waals surface area contributed by atoms with E-state index >= 15 is 0 Å². The van der Waals surface area contributed by atoms with E-state index in [0.717, 1.165) is 23.9 Å². The molecular weight excluding hydrogens is 388 g/mol. The lowest BCUT2D eigenvalue weighted by atomic mass is 10.1. The summed E-state index contributed by atoms with van der Waals surface area (Å²) in [4.78, 5) is 12.9. The Balaban J connectivity index is 1.81. The zero-order chi connectivity index (χ0) is 21.2. The Labute approximate surface area is 171 Å². The predicted molar refractivity (Wildman–Crippen MR) is 118 cm³/mol. The summed E-state index contributed by atoms with van der Waals surface area (Å²) in [6.45, 7) is 3.86. The highest BCUT2D eigenvalue weighted by Gasteiger charge is 2.29. The molecule has 0 fully saturated rings. The minimum absolute atomic E-state index is 0.242. The third kappa shape index (κ3) is 4.32. The van der Waals surface area contributed by atoms with Gasteiger partial charge in [0.05, 0.1) is 28.9 Å². The van der Waals surface area contributed by atoms with Crippen molar-refractivity contribution >= 4 is 38.7 Å². The molecule has 8 heteroatoms. The zero-order valence-electron chi connectivity index (χ0n) is 16.9. The number of sulfonamides is 1. The van der Waals surface area contributed by atoms with Crippen molar-refractivity contribution in [2.75, 3.05) is 27.9 Å². The van der Waals surface area contributed by atoms with Gasteiger partial charge in [-0.25, -0.2) is 8.42 Å². The molecule has 29 heavy (non-hydrogen) atoms. The summed E-state index contributed by atoms with van der Waals surface area (Å²) in [6.07, 6.45) is 3.70. The number of aryl methyl sites for hydroxylation is 1. The van der Waals surface area contributed by atoms with Crippen LogP contribution in [0.3, 0.4) is 0 Å². The van der Waals surface area contributed by atoms with E-state index in [2.05, 4.69) is 17.3 Å². The number of amides is 1. The molecule has 0 aromatic heterocycles. The number of carbonyl (C=O) groups excluding carboxylic acids is 1. The lowest BCUT2D eigenvalue weighted by Gasteiger charge is -2.18. The second-order valence-corrected chi connectivity index (χ2v) is 8.78. The molecule has 1 aliphatic rings. The zero-order valence-corrected chi connectivity index (χ0v) is 17.7. The van der Waals surface area contributed by atoms with E-state index in [1.807, 2.05) is 24.3 Å². The van der Waals surface area contributed by atoms with Gasteiger partial charge in [0.1, 0.15) is 0 Å². The van der Waals surface area contributed by atoms with Gasteiger partial charge in [-0.15, -0.1) is 0 Å². The third-order valence-electron chi connectivity index (χ3n) is 4.79. The van der Waals surface area contributed by atoms with E-state index in [-0.39, 0.29) is 5.91 Å². The maximum absolute atomic E-state index is 12.9. The molecular formula is C21H24N4O3S. The highest BCUT2D eigenvalue weighted by molar-refractivity contribution is 7.92. The van der Waals surface area contributed by atoms with Gasteiger partial charge in [-0.1, -0.05) is 25.1 Å². The molecule has 0 saturated carbocycles. The number of para-hydroxylation sites is 1. The molecule has 1 aliphatic heterocycles. The van der Waals surface area contributed by atoms with Crippen molar-refractivity contribution in [1.29, 1.82) is 0 Å². The first-order chi connectivity index (χ1) is 13.7. The average Bonchev–Trinajstić information content (AvgIpc) is 2.99. The molecule has 2 aromatic rings. The monoisotopic (exact) mass is 412 g/mol. The van der Waals surface area contributed by atoms with Crippen LogP contribution in [-0.2, 0) is 21.2 Å². The summed E-state index contributed by atoms with van der Waals surface area (Å²) in [5, 5.41) is 8.89. The first-order valence-electron chi connectivity index (χ1n) is 9.21. The van der Waals surface area contributed by atoms with Crippen molar-refractivity contribution in [3.8, 4) is 0 Å². The fourth-order valence-electron chi connectivity index (χ4n) is 2.97. The number of nitrogens with zero attached hydrogens (tertiary/aromatic N) is 3. The van der Waals surface area contributed by atoms with Crippen molar-refractivity contribution in [3.63, 3.8) is 0 Å². The van der Waals surface area contributed by atoms with Crippen LogP contribution in [0.25, 0.3) is 0 Å². The fourth-order valence-corrected chi connectivity index (χ4v) is 3.48. The van der Waals surface area contributed by atoms with Crippen LogP contribution in [-0.4, -0.2) is 33.3 Å². The normalized spacial score (nSPS) is 15.6. The second-order valence-electron chi connectivity index (χ2n) is 6.76.